The molecule has 4 aromatic heterocycles. The zero-order valence-electron chi connectivity index (χ0n) is 45.0. The summed E-state index contributed by atoms with van der Waals surface area (Å²) in [6, 6.07) is 69.8. The van der Waals surface area contributed by atoms with Gasteiger partial charge in [0.2, 0.25) is 0 Å². The van der Waals surface area contributed by atoms with Gasteiger partial charge in [0, 0.05) is 93.9 Å². The zero-order valence-corrected chi connectivity index (χ0v) is 45.0. The molecule has 6 nitrogen and oxygen atoms in total. The van der Waals surface area contributed by atoms with E-state index in [9.17, 15) is 0 Å². The van der Waals surface area contributed by atoms with E-state index < -0.39 is 0 Å². The molecule has 0 unspecified atom stereocenters. The number of para-hydroxylation sites is 4. The minimum atomic E-state index is -0.0535. The Morgan fingerprint density at radius 3 is 1.10 bits per heavy atom. The van der Waals surface area contributed by atoms with Crippen molar-refractivity contribution >= 4 is 143 Å². The minimum Gasteiger partial charge on any atom is -0.456 e. The number of benzene rings is 11. The van der Waals surface area contributed by atoms with Crippen LogP contribution in [-0.2, 0) is 10.8 Å². The molecule has 0 aliphatic rings. The van der Waals surface area contributed by atoms with Crippen LogP contribution in [0.1, 0.15) is 63.8 Å². The Labute approximate surface area is 451 Å². The Kier molecular flexibility index (Phi) is 9.82. The van der Waals surface area contributed by atoms with Crippen molar-refractivity contribution < 1.29 is 17.7 Å². The third kappa shape index (κ3) is 7.02. The molecule has 11 aromatic carbocycles. The van der Waals surface area contributed by atoms with Crippen molar-refractivity contribution in [2.75, 3.05) is 9.80 Å². The van der Waals surface area contributed by atoms with Gasteiger partial charge in [0.25, 0.3) is 0 Å². The first-order valence-electron chi connectivity index (χ1n) is 27.0. The maximum atomic E-state index is 6.93. The summed E-state index contributed by atoms with van der Waals surface area (Å²) in [5.41, 5.74) is 17.9. The lowest BCUT2D eigenvalue weighted by molar-refractivity contribution is 0.572. The molecule has 15 rings (SSSR count). The van der Waals surface area contributed by atoms with E-state index in [1.54, 1.807) is 0 Å². The third-order valence-electron chi connectivity index (χ3n) is 16.3. The third-order valence-corrected chi connectivity index (χ3v) is 16.3. The Morgan fingerprint density at radius 1 is 0.282 bits per heavy atom. The Bertz CT molecular complexity index is 4650. The summed E-state index contributed by atoms with van der Waals surface area (Å²) in [4.78, 5) is 4.66. The van der Waals surface area contributed by atoms with Crippen molar-refractivity contribution in [3.05, 3.63) is 216 Å². The summed E-state index contributed by atoms with van der Waals surface area (Å²) >= 11 is 0. The first-order valence-corrected chi connectivity index (χ1v) is 27.0. The fourth-order valence-electron chi connectivity index (χ4n) is 12.5. The molecule has 4 heterocycles. The van der Waals surface area contributed by atoms with Gasteiger partial charge in [-0.3, -0.25) is 0 Å². The second-order valence-electron chi connectivity index (χ2n) is 23.4. The summed E-state index contributed by atoms with van der Waals surface area (Å²) in [6.45, 7) is 17.8. The van der Waals surface area contributed by atoms with Gasteiger partial charge >= 0.3 is 0 Å². The van der Waals surface area contributed by atoms with Crippen LogP contribution in [0.25, 0.3) is 109 Å². The highest BCUT2D eigenvalue weighted by Crippen LogP contribution is 2.48. The van der Waals surface area contributed by atoms with Crippen LogP contribution in [0.5, 0.6) is 0 Å². The van der Waals surface area contributed by atoms with E-state index in [1.807, 2.05) is 0 Å². The van der Waals surface area contributed by atoms with E-state index >= 15 is 0 Å². The molecule has 0 saturated carbocycles. The fraction of sp³-hybridized carbons (Fsp3) is 0.139. The van der Waals surface area contributed by atoms with Gasteiger partial charge in [-0.1, -0.05) is 126 Å². The lowest BCUT2D eigenvalue weighted by atomic mass is 9.86. The van der Waals surface area contributed by atoms with Crippen molar-refractivity contribution in [3.8, 4) is 0 Å². The molecule has 6 heteroatoms. The summed E-state index contributed by atoms with van der Waals surface area (Å²) in [5, 5.41) is 13.3. The molecule has 0 spiro atoms. The average molecular weight is 1010 g/mol. The molecule has 378 valence electrons. The minimum absolute atomic E-state index is 0.0535. The number of furan rings is 4. The summed E-state index contributed by atoms with van der Waals surface area (Å²) in [6.07, 6.45) is 0. The number of aryl methyl sites for hydroxylation is 2. The van der Waals surface area contributed by atoms with E-state index in [0.717, 1.165) is 155 Å². The Morgan fingerprint density at radius 2 is 0.679 bits per heavy atom. The van der Waals surface area contributed by atoms with Crippen LogP contribution in [0.4, 0.5) is 34.1 Å². The molecule has 0 saturated heterocycles. The highest BCUT2D eigenvalue weighted by atomic mass is 16.3. The van der Waals surface area contributed by atoms with Crippen LogP contribution in [0.15, 0.2) is 212 Å². The van der Waals surface area contributed by atoms with Crippen LogP contribution in [0, 0.1) is 13.8 Å². The van der Waals surface area contributed by atoms with Crippen LogP contribution < -0.4 is 9.80 Å². The van der Waals surface area contributed by atoms with Gasteiger partial charge in [0.1, 0.15) is 44.7 Å². The van der Waals surface area contributed by atoms with Gasteiger partial charge in [-0.05, 0) is 161 Å². The fourth-order valence-corrected chi connectivity index (χ4v) is 12.5. The lowest BCUT2D eigenvalue weighted by Crippen LogP contribution is -2.10. The number of hydrogen-bond acceptors (Lipinski definition) is 6. The zero-order chi connectivity index (χ0) is 52.9. The molecule has 0 fully saturated rings. The summed E-state index contributed by atoms with van der Waals surface area (Å²) in [5.74, 6) is 0. The molecule has 0 atom stereocenters. The quantitative estimate of drug-likeness (QED) is 0.165. The van der Waals surface area contributed by atoms with Crippen molar-refractivity contribution in [2.24, 2.45) is 0 Å². The molecule has 0 radical (unpaired) electrons. The van der Waals surface area contributed by atoms with E-state index in [-0.39, 0.29) is 10.8 Å². The molecule has 0 amide bonds. The number of anilines is 6. The molecule has 0 N–H and O–H groups in total. The molecule has 0 bridgehead atoms. The lowest BCUT2D eigenvalue weighted by Gasteiger charge is -2.26. The van der Waals surface area contributed by atoms with E-state index in [1.165, 1.54) is 11.1 Å². The largest absolute Gasteiger partial charge is 0.456 e. The first kappa shape index (κ1) is 46.1. The maximum Gasteiger partial charge on any atom is 0.142 e. The second kappa shape index (κ2) is 16.6. The van der Waals surface area contributed by atoms with E-state index in [4.69, 9.17) is 17.7 Å². The van der Waals surface area contributed by atoms with Gasteiger partial charge < -0.3 is 27.5 Å². The number of rotatable bonds is 6. The van der Waals surface area contributed by atoms with Crippen LogP contribution in [0.2, 0.25) is 0 Å². The summed E-state index contributed by atoms with van der Waals surface area (Å²) < 4.78 is 27.0. The Balaban J connectivity index is 0.828. The maximum absolute atomic E-state index is 6.93. The van der Waals surface area contributed by atoms with Crippen LogP contribution >= 0.6 is 0 Å². The number of hydrogen-bond donors (Lipinski definition) is 0. The van der Waals surface area contributed by atoms with Gasteiger partial charge in [0.05, 0.1) is 0 Å². The molecule has 15 aromatic rings. The topological polar surface area (TPSA) is 59.0 Å². The van der Waals surface area contributed by atoms with Crippen molar-refractivity contribution in [1.29, 1.82) is 0 Å². The highest BCUT2D eigenvalue weighted by molar-refractivity contribution is 6.22. The standard InChI is InChI=1S/C72H56N2O4/c1-41-65-57-35-43-25-27-49(73(47-17-11-9-12-18-47)51-29-31-61-55(39-51)53-21-15-23-59(69(53)75-61)71(3,4)5)33-45(43)37-63(57)77-67(65)42(2)68-66(41)58-36-44-26-28-50(34-46(44)38-64(58)78-68)74(48-19-13-10-14-20-48)52-30-32-62-56(40-52)54-22-16-24-60(70(54)76-62)72(6,7)8/h9-40H,1-8H3. The van der Waals surface area contributed by atoms with Gasteiger partial charge in [-0.2, -0.15) is 0 Å². The normalized spacial score (nSPS) is 12.6. The summed E-state index contributed by atoms with van der Waals surface area (Å²) in [7, 11) is 0. The number of nitrogens with zero attached hydrogens (tertiary/aromatic N) is 2. The molecular weight excluding hydrogens is 957 g/mol. The van der Waals surface area contributed by atoms with Gasteiger partial charge in [-0.15, -0.1) is 0 Å². The predicted octanol–water partition coefficient (Wildman–Crippen LogP) is 21.7. The SMILES string of the molecule is Cc1c2oc3cc4cc(N(c5ccccc5)c5ccc6oc7c(C(C)(C)C)cccc7c6c5)ccc4cc3c2c(C)c2c1oc1cc3cc(N(c4ccccc4)c4ccc5oc6c(C(C)(C)C)cccc6c5c4)ccc3cc12. The smallest absolute Gasteiger partial charge is 0.142 e. The average Bonchev–Trinajstić information content (AvgIpc) is 4.38. The monoisotopic (exact) mass is 1010 g/mol. The van der Waals surface area contributed by atoms with Gasteiger partial charge in [0.15, 0.2) is 0 Å². The molecule has 0 aliphatic carbocycles. The molecule has 0 aliphatic heterocycles. The molecule has 78 heavy (non-hydrogen) atoms. The number of fused-ring (bicyclic) bond motifs is 14. The van der Waals surface area contributed by atoms with E-state index in [2.05, 4.69) is 259 Å². The van der Waals surface area contributed by atoms with Crippen LogP contribution in [0.3, 0.4) is 0 Å². The van der Waals surface area contributed by atoms with Crippen molar-refractivity contribution in [3.63, 3.8) is 0 Å². The first-order chi connectivity index (χ1) is 37.7. The highest BCUT2D eigenvalue weighted by Gasteiger charge is 2.26. The van der Waals surface area contributed by atoms with Crippen LogP contribution in [-0.4, -0.2) is 0 Å². The predicted molar refractivity (Wildman–Crippen MR) is 327 cm³/mol. The van der Waals surface area contributed by atoms with E-state index in [0.29, 0.717) is 0 Å². The Hall–Kier alpha value is -9.26. The van der Waals surface area contributed by atoms with Crippen molar-refractivity contribution in [1.82, 2.24) is 0 Å². The molecular formula is C72H56N2O4. The second-order valence-corrected chi connectivity index (χ2v) is 23.4. The van der Waals surface area contributed by atoms with Crippen molar-refractivity contribution in [2.45, 2.75) is 66.2 Å². The van der Waals surface area contributed by atoms with Gasteiger partial charge in [-0.25, -0.2) is 0 Å².